The minimum Gasteiger partial charge on any atom is -0.495 e. The average Bonchev–Trinajstić information content (AvgIpc) is 3.31. The number of nitrogens with one attached hydrogen (secondary N) is 2. The molecule has 0 spiro atoms. The Labute approximate surface area is 206 Å². The molecule has 1 saturated heterocycles. The molecule has 3 aromatic heterocycles. The Balaban J connectivity index is 1.04. The number of hydrogen-bond acceptors (Lipinski definition) is 8. The van der Waals surface area contributed by atoms with Crippen molar-refractivity contribution in [3.63, 3.8) is 0 Å². The lowest BCUT2D eigenvalue weighted by Crippen LogP contribution is -2.35. The summed E-state index contributed by atoms with van der Waals surface area (Å²) >= 11 is 6.37. The van der Waals surface area contributed by atoms with E-state index in [4.69, 9.17) is 21.1 Å². The number of hydrogen-bond donors (Lipinski definition) is 2. The summed E-state index contributed by atoms with van der Waals surface area (Å²) in [7, 11) is 1.59. The van der Waals surface area contributed by atoms with E-state index in [1.165, 1.54) is 0 Å². The minimum atomic E-state index is -0.218. The van der Waals surface area contributed by atoms with Crippen LogP contribution in [0.25, 0.3) is 11.0 Å². The fraction of sp³-hybridized carbons (Fsp3) is 0.417. The van der Waals surface area contributed by atoms with Crippen molar-refractivity contribution >= 4 is 34.4 Å². The highest BCUT2D eigenvalue weighted by atomic mass is 35.5. The van der Waals surface area contributed by atoms with Gasteiger partial charge in [0.2, 0.25) is 0 Å². The molecule has 3 aromatic rings. The molecule has 1 saturated carbocycles. The molecular weight excluding hydrogens is 472 g/mol. The maximum atomic E-state index is 12.5. The first-order valence-corrected chi connectivity index (χ1v) is 12.0. The zero-order valence-electron chi connectivity index (χ0n) is 19.2. The van der Waals surface area contributed by atoms with Gasteiger partial charge in [-0.1, -0.05) is 11.6 Å². The van der Waals surface area contributed by atoms with E-state index in [9.17, 15) is 9.59 Å². The molecule has 1 amide bonds. The molecule has 35 heavy (non-hydrogen) atoms. The predicted molar refractivity (Wildman–Crippen MR) is 130 cm³/mol. The maximum absolute atomic E-state index is 12.5. The van der Waals surface area contributed by atoms with Crippen LogP contribution in [0.4, 0.5) is 5.82 Å². The van der Waals surface area contributed by atoms with Crippen molar-refractivity contribution in [1.82, 2.24) is 24.8 Å². The molecule has 0 bridgehead atoms. The third-order valence-corrected chi connectivity index (χ3v) is 7.42. The lowest BCUT2D eigenvalue weighted by molar-refractivity contribution is -0.118. The van der Waals surface area contributed by atoms with Gasteiger partial charge in [-0.3, -0.25) is 14.6 Å². The first-order chi connectivity index (χ1) is 17.0. The van der Waals surface area contributed by atoms with Gasteiger partial charge in [0.25, 0.3) is 11.5 Å². The number of methoxy groups -OCH3 is 1. The molecule has 3 atom stereocenters. The second kappa shape index (κ2) is 8.78. The Morgan fingerprint density at radius 1 is 1.23 bits per heavy atom. The number of aromatic nitrogens is 3. The summed E-state index contributed by atoms with van der Waals surface area (Å²) in [5.41, 5.74) is 2.22. The first-order valence-electron chi connectivity index (χ1n) is 11.6. The van der Waals surface area contributed by atoms with Crippen LogP contribution in [0.3, 0.4) is 0 Å². The number of rotatable bonds is 7. The quantitative estimate of drug-likeness (QED) is 0.506. The summed E-state index contributed by atoms with van der Waals surface area (Å²) in [6.45, 7) is 3.88. The van der Waals surface area contributed by atoms with Crippen LogP contribution >= 0.6 is 11.6 Å². The van der Waals surface area contributed by atoms with Crippen molar-refractivity contribution in [3.05, 3.63) is 51.5 Å². The summed E-state index contributed by atoms with van der Waals surface area (Å²) in [5.74, 6) is 2.47. The third kappa shape index (κ3) is 4.22. The maximum Gasteiger partial charge on any atom is 0.263 e. The van der Waals surface area contributed by atoms with Gasteiger partial charge in [-0.25, -0.2) is 4.98 Å². The van der Waals surface area contributed by atoms with Gasteiger partial charge in [0.05, 0.1) is 35.1 Å². The number of carbonyl (C=O) groups excluding carboxylic acids is 1. The Morgan fingerprint density at radius 3 is 2.86 bits per heavy atom. The molecule has 2 aliphatic heterocycles. The van der Waals surface area contributed by atoms with E-state index in [0.717, 1.165) is 30.7 Å². The van der Waals surface area contributed by atoms with Crippen molar-refractivity contribution in [2.24, 2.45) is 11.8 Å². The second-order valence-electron chi connectivity index (χ2n) is 9.20. The molecule has 3 aliphatic rings. The van der Waals surface area contributed by atoms with Gasteiger partial charge in [0, 0.05) is 57.0 Å². The Bertz CT molecular complexity index is 1370. The number of halogens is 1. The van der Waals surface area contributed by atoms with Gasteiger partial charge < -0.3 is 29.6 Å². The summed E-state index contributed by atoms with van der Waals surface area (Å²) < 4.78 is 12.4. The van der Waals surface area contributed by atoms with E-state index >= 15 is 0 Å². The van der Waals surface area contributed by atoms with Crippen LogP contribution < -0.4 is 25.7 Å². The van der Waals surface area contributed by atoms with Crippen LogP contribution in [-0.4, -0.2) is 64.7 Å². The molecule has 5 heterocycles. The Morgan fingerprint density at radius 2 is 2.06 bits per heavy atom. The lowest BCUT2D eigenvalue weighted by atomic mass is 10.3. The van der Waals surface area contributed by atoms with Gasteiger partial charge >= 0.3 is 0 Å². The number of likely N-dealkylation sites (tertiary alicyclic amines) is 1. The largest absolute Gasteiger partial charge is 0.495 e. The number of pyridine rings is 3. The van der Waals surface area contributed by atoms with Crippen molar-refractivity contribution in [1.29, 1.82) is 0 Å². The molecule has 2 N–H and O–H groups in total. The summed E-state index contributed by atoms with van der Waals surface area (Å²) in [6, 6.07) is 7.30. The fourth-order valence-corrected chi connectivity index (χ4v) is 5.40. The normalized spacial score (nSPS) is 22.9. The fourth-order valence-electron chi connectivity index (χ4n) is 5.19. The van der Waals surface area contributed by atoms with E-state index < -0.39 is 0 Å². The van der Waals surface area contributed by atoms with Crippen LogP contribution in [-0.2, 0) is 17.9 Å². The van der Waals surface area contributed by atoms with Gasteiger partial charge in [-0.15, -0.1) is 0 Å². The van der Waals surface area contributed by atoms with Crippen LogP contribution in [0.15, 0.2) is 35.3 Å². The zero-order valence-corrected chi connectivity index (χ0v) is 19.9. The number of piperidine rings is 1. The first kappa shape index (κ1) is 22.3. The molecule has 2 fully saturated rings. The van der Waals surface area contributed by atoms with Crippen molar-refractivity contribution in [2.45, 2.75) is 19.1 Å². The van der Waals surface area contributed by atoms with Gasteiger partial charge in [-0.2, -0.15) is 0 Å². The monoisotopic (exact) mass is 496 g/mol. The Kier molecular flexibility index (Phi) is 5.58. The van der Waals surface area contributed by atoms with Crippen LogP contribution in [0.2, 0.25) is 5.02 Å². The highest BCUT2D eigenvalue weighted by Gasteiger charge is 2.55. The zero-order chi connectivity index (χ0) is 24.1. The summed E-state index contributed by atoms with van der Waals surface area (Å²) in [4.78, 5) is 35.4. The van der Waals surface area contributed by atoms with Crippen molar-refractivity contribution in [3.8, 4) is 11.5 Å². The van der Waals surface area contributed by atoms with E-state index in [1.54, 1.807) is 36.1 Å². The topological polar surface area (TPSA) is 111 Å². The lowest BCUT2D eigenvalue weighted by Gasteiger charge is -2.21. The highest BCUT2D eigenvalue weighted by Crippen LogP contribution is 2.45. The van der Waals surface area contributed by atoms with Crippen molar-refractivity contribution in [2.75, 3.05) is 38.7 Å². The highest BCUT2D eigenvalue weighted by molar-refractivity contribution is 6.31. The number of ether oxygens (including phenoxy) is 2. The molecule has 0 radical (unpaired) electrons. The summed E-state index contributed by atoms with van der Waals surface area (Å²) in [5, 5.41) is 6.81. The third-order valence-electron chi connectivity index (χ3n) is 7.09. The van der Waals surface area contributed by atoms with Crippen LogP contribution in [0, 0.1) is 11.8 Å². The van der Waals surface area contributed by atoms with E-state index in [1.807, 2.05) is 6.07 Å². The minimum absolute atomic E-state index is 0.0231. The smallest absolute Gasteiger partial charge is 0.263 e. The molecule has 11 heteroatoms. The summed E-state index contributed by atoms with van der Waals surface area (Å²) in [6.07, 6.45) is 1.66. The van der Waals surface area contributed by atoms with Gasteiger partial charge in [0.15, 0.2) is 18.2 Å². The molecule has 0 aromatic carbocycles. The number of nitrogens with zero attached hydrogens (tertiary/aromatic N) is 4. The molecular formula is C24H25ClN6O4. The van der Waals surface area contributed by atoms with Crippen LogP contribution in [0.1, 0.15) is 5.69 Å². The molecule has 1 unspecified atom stereocenters. The number of anilines is 1. The van der Waals surface area contributed by atoms with E-state index in [-0.39, 0.29) is 18.1 Å². The van der Waals surface area contributed by atoms with Gasteiger partial charge in [-0.05, 0) is 17.9 Å². The number of amides is 1. The molecule has 182 valence electrons. The van der Waals surface area contributed by atoms with Crippen molar-refractivity contribution < 1.29 is 14.3 Å². The standard InChI is InChI=1S/C24H25ClN6O4/c1-34-13-6-19-17(26-8-13)2-3-22(33)31(19)5-4-30-10-14-15(11-30)23(14)27-9-18-16(25)7-20-24(28-18)29-21(32)12-35-20/h2-3,6-8,14-15,23,27H,4-5,9-12H2,1H3,(H,28,29,32)/t14-,15+,23?. The van der Waals surface area contributed by atoms with E-state index in [0.29, 0.717) is 59.0 Å². The average molecular weight is 497 g/mol. The SMILES string of the molecule is COc1cnc2ccc(=O)n(CCN3C[C@@H]4C(NCc5nc6c(cc5Cl)OCC(=O)N6)[C@@H]4C3)c2c1. The number of carbonyl (C=O) groups is 1. The molecule has 1 aliphatic carbocycles. The van der Waals surface area contributed by atoms with E-state index in [2.05, 4.69) is 25.5 Å². The van der Waals surface area contributed by atoms with Crippen LogP contribution in [0.5, 0.6) is 11.5 Å². The number of fused-ring (bicyclic) bond motifs is 3. The second-order valence-corrected chi connectivity index (χ2v) is 9.60. The predicted octanol–water partition coefficient (Wildman–Crippen LogP) is 1.50. The molecule has 10 nitrogen and oxygen atoms in total. The Hall–Kier alpha value is -3.21. The molecule has 6 rings (SSSR count). The van der Waals surface area contributed by atoms with Gasteiger partial charge in [0.1, 0.15) is 5.75 Å².